The molecule has 1 saturated heterocycles. The summed E-state index contributed by atoms with van der Waals surface area (Å²) >= 11 is 6.70. The Morgan fingerprint density at radius 2 is 1.81 bits per heavy atom. The predicted octanol–water partition coefficient (Wildman–Crippen LogP) is 2.80. The number of hydrogen-bond donors (Lipinski definition) is 2. The molecule has 7 heteroatoms. The van der Waals surface area contributed by atoms with Crippen LogP contribution in [0.2, 0.25) is 0 Å². The Bertz CT molecular complexity index is 646. The molecule has 1 fully saturated rings. The Morgan fingerprint density at radius 1 is 1.14 bits per heavy atom. The van der Waals surface area contributed by atoms with Gasteiger partial charge in [0.2, 0.25) is 5.91 Å². The van der Waals surface area contributed by atoms with E-state index in [-0.39, 0.29) is 5.91 Å². The number of carbonyl (C=O) groups excluding carboxylic acids is 1. The molecule has 0 aliphatic carbocycles. The Hall–Kier alpha value is -1.18. The number of anilines is 1. The van der Waals surface area contributed by atoms with Crippen LogP contribution in [0.15, 0.2) is 39.3 Å². The summed E-state index contributed by atoms with van der Waals surface area (Å²) in [6.07, 6.45) is 2.48. The second kappa shape index (κ2) is 5.55. The quantitative estimate of drug-likeness (QED) is 0.743. The SMILES string of the molecule is O=C(O)[C@@H]1[C@@H](C(=O)Nc2ccc(Br)cc2Br)[C@H]2C=C[C@H]1O2. The second-order valence-corrected chi connectivity index (χ2v) is 6.72. The number of aliphatic carboxylic acids is 1. The topological polar surface area (TPSA) is 75.6 Å². The van der Waals surface area contributed by atoms with Crippen molar-refractivity contribution >= 4 is 49.4 Å². The number of carboxylic acid groups (broad SMARTS) is 1. The average Bonchev–Trinajstić information content (AvgIpc) is 3.02. The summed E-state index contributed by atoms with van der Waals surface area (Å²) in [5.74, 6) is -2.91. The molecule has 0 saturated carbocycles. The zero-order valence-corrected chi connectivity index (χ0v) is 13.8. The van der Waals surface area contributed by atoms with E-state index in [0.717, 1.165) is 8.95 Å². The lowest BCUT2D eigenvalue weighted by Crippen LogP contribution is -2.39. The predicted molar refractivity (Wildman–Crippen MR) is 82.9 cm³/mol. The van der Waals surface area contributed by atoms with E-state index in [4.69, 9.17) is 4.74 Å². The summed E-state index contributed by atoms with van der Waals surface area (Å²) in [6, 6.07) is 5.35. The van der Waals surface area contributed by atoms with Crippen LogP contribution in [-0.2, 0) is 14.3 Å². The maximum Gasteiger partial charge on any atom is 0.310 e. The largest absolute Gasteiger partial charge is 0.481 e. The van der Waals surface area contributed by atoms with Crippen molar-refractivity contribution in [2.24, 2.45) is 11.8 Å². The van der Waals surface area contributed by atoms with E-state index in [1.54, 1.807) is 24.3 Å². The van der Waals surface area contributed by atoms with Gasteiger partial charge in [-0.05, 0) is 34.1 Å². The molecule has 2 aliphatic rings. The van der Waals surface area contributed by atoms with Crippen molar-refractivity contribution in [2.75, 3.05) is 5.32 Å². The number of ether oxygens (including phenoxy) is 1. The highest BCUT2D eigenvalue weighted by Crippen LogP contribution is 2.40. The van der Waals surface area contributed by atoms with E-state index in [0.29, 0.717) is 5.69 Å². The van der Waals surface area contributed by atoms with E-state index >= 15 is 0 Å². The summed E-state index contributed by atoms with van der Waals surface area (Å²) in [7, 11) is 0. The molecule has 3 rings (SSSR count). The molecule has 2 N–H and O–H groups in total. The number of hydrogen-bond acceptors (Lipinski definition) is 3. The third kappa shape index (κ3) is 2.65. The second-order valence-electron chi connectivity index (χ2n) is 4.95. The summed E-state index contributed by atoms with van der Waals surface area (Å²) in [6.45, 7) is 0. The molecular weight excluding hydrogens is 406 g/mol. The summed E-state index contributed by atoms with van der Waals surface area (Å²) in [4.78, 5) is 23.8. The average molecular weight is 417 g/mol. The van der Waals surface area contributed by atoms with E-state index < -0.39 is 30.0 Å². The van der Waals surface area contributed by atoms with Crippen molar-refractivity contribution in [3.63, 3.8) is 0 Å². The van der Waals surface area contributed by atoms with Crippen LogP contribution in [0.5, 0.6) is 0 Å². The normalized spacial score (nSPS) is 29.6. The molecule has 5 nitrogen and oxygen atoms in total. The first-order valence-corrected chi connectivity index (χ1v) is 7.88. The van der Waals surface area contributed by atoms with E-state index in [1.165, 1.54) is 0 Å². The van der Waals surface area contributed by atoms with Crippen molar-refractivity contribution in [3.05, 3.63) is 39.3 Å². The highest BCUT2D eigenvalue weighted by molar-refractivity contribution is 9.11. The lowest BCUT2D eigenvalue weighted by atomic mass is 9.82. The van der Waals surface area contributed by atoms with Crippen LogP contribution >= 0.6 is 31.9 Å². The Kier molecular flexibility index (Phi) is 3.90. The molecule has 2 aliphatic heterocycles. The van der Waals surface area contributed by atoms with Gasteiger partial charge in [0.05, 0.1) is 23.8 Å². The standard InChI is InChI=1S/C14H11Br2NO4/c15-6-1-2-8(7(16)5-6)17-13(18)11-9-3-4-10(21-9)12(11)14(19)20/h1-5,9-12H,(H,17,18)(H,19,20)/t9-,10-,11+,12+/m1/s1. The number of fused-ring (bicyclic) bond motifs is 2. The minimum Gasteiger partial charge on any atom is -0.481 e. The van der Waals surface area contributed by atoms with Gasteiger partial charge >= 0.3 is 5.97 Å². The zero-order valence-electron chi connectivity index (χ0n) is 10.6. The van der Waals surface area contributed by atoms with Gasteiger partial charge in [-0.25, -0.2) is 0 Å². The van der Waals surface area contributed by atoms with Crippen molar-refractivity contribution in [2.45, 2.75) is 12.2 Å². The first-order valence-electron chi connectivity index (χ1n) is 6.30. The minimum absolute atomic E-state index is 0.345. The van der Waals surface area contributed by atoms with Gasteiger partial charge in [-0.15, -0.1) is 0 Å². The third-order valence-electron chi connectivity index (χ3n) is 3.68. The molecule has 0 unspecified atom stereocenters. The molecule has 2 heterocycles. The van der Waals surface area contributed by atoms with Gasteiger partial charge in [-0.3, -0.25) is 9.59 Å². The minimum atomic E-state index is -1.01. The number of nitrogens with one attached hydrogen (secondary N) is 1. The molecule has 1 amide bonds. The van der Waals surface area contributed by atoms with Gasteiger partial charge in [0, 0.05) is 8.95 Å². The van der Waals surface area contributed by atoms with Crippen LogP contribution in [0, 0.1) is 11.8 Å². The molecule has 110 valence electrons. The smallest absolute Gasteiger partial charge is 0.310 e. The molecule has 0 spiro atoms. The fourth-order valence-electron chi connectivity index (χ4n) is 2.72. The molecule has 0 radical (unpaired) electrons. The van der Waals surface area contributed by atoms with Crippen molar-refractivity contribution < 1.29 is 19.4 Å². The number of halogens is 2. The Morgan fingerprint density at radius 3 is 2.43 bits per heavy atom. The third-order valence-corrected chi connectivity index (χ3v) is 4.83. The molecule has 0 aromatic heterocycles. The maximum atomic E-state index is 12.4. The van der Waals surface area contributed by atoms with E-state index in [1.807, 2.05) is 6.07 Å². The highest BCUT2D eigenvalue weighted by atomic mass is 79.9. The van der Waals surface area contributed by atoms with Crippen molar-refractivity contribution in [3.8, 4) is 0 Å². The van der Waals surface area contributed by atoms with E-state index in [2.05, 4.69) is 37.2 Å². The molecular formula is C14H11Br2NO4. The molecule has 1 aromatic carbocycles. The van der Waals surface area contributed by atoms with Crippen LogP contribution in [-0.4, -0.2) is 29.2 Å². The monoisotopic (exact) mass is 415 g/mol. The number of amides is 1. The van der Waals surface area contributed by atoms with Crippen LogP contribution in [0.4, 0.5) is 5.69 Å². The molecule has 1 aromatic rings. The van der Waals surface area contributed by atoms with Gasteiger partial charge in [-0.2, -0.15) is 0 Å². The number of benzene rings is 1. The van der Waals surface area contributed by atoms with Gasteiger partial charge in [0.15, 0.2) is 0 Å². The lowest BCUT2D eigenvalue weighted by Gasteiger charge is -2.21. The van der Waals surface area contributed by atoms with Crippen molar-refractivity contribution in [1.82, 2.24) is 0 Å². The Labute approximate surface area is 137 Å². The number of carbonyl (C=O) groups is 2. The molecule has 2 bridgehead atoms. The first-order chi connectivity index (χ1) is 9.97. The fraction of sp³-hybridized carbons (Fsp3) is 0.286. The number of carboxylic acids is 1. The summed E-state index contributed by atoms with van der Waals surface area (Å²) in [5.41, 5.74) is 0.596. The fourth-order valence-corrected chi connectivity index (χ4v) is 3.87. The Balaban J connectivity index is 1.82. The van der Waals surface area contributed by atoms with Crippen LogP contribution in [0.25, 0.3) is 0 Å². The van der Waals surface area contributed by atoms with Gasteiger partial charge in [0.1, 0.15) is 5.92 Å². The van der Waals surface area contributed by atoms with E-state index in [9.17, 15) is 14.7 Å². The van der Waals surface area contributed by atoms with Gasteiger partial charge in [-0.1, -0.05) is 28.1 Å². The van der Waals surface area contributed by atoms with Crippen LogP contribution in [0.1, 0.15) is 0 Å². The van der Waals surface area contributed by atoms with Gasteiger partial charge in [0.25, 0.3) is 0 Å². The highest BCUT2D eigenvalue weighted by Gasteiger charge is 2.53. The van der Waals surface area contributed by atoms with Crippen LogP contribution in [0.3, 0.4) is 0 Å². The molecule has 21 heavy (non-hydrogen) atoms. The summed E-state index contributed by atoms with van der Waals surface area (Å²) < 4.78 is 7.09. The lowest BCUT2D eigenvalue weighted by molar-refractivity contribution is -0.145. The van der Waals surface area contributed by atoms with Gasteiger partial charge < -0.3 is 15.2 Å². The first kappa shape index (κ1) is 14.7. The zero-order chi connectivity index (χ0) is 15.1. The number of rotatable bonds is 3. The maximum absolute atomic E-state index is 12.4. The molecule has 4 atom stereocenters. The van der Waals surface area contributed by atoms with Crippen molar-refractivity contribution in [1.29, 1.82) is 0 Å². The van der Waals surface area contributed by atoms with Crippen LogP contribution < -0.4 is 5.32 Å². The summed E-state index contributed by atoms with van der Waals surface area (Å²) in [5, 5.41) is 12.1.